The summed E-state index contributed by atoms with van der Waals surface area (Å²) < 4.78 is 5.42. The van der Waals surface area contributed by atoms with E-state index in [1.54, 1.807) is 7.11 Å². The van der Waals surface area contributed by atoms with Gasteiger partial charge in [-0.1, -0.05) is 12.1 Å². The van der Waals surface area contributed by atoms with Gasteiger partial charge >= 0.3 is 0 Å². The molecule has 2 N–H and O–H groups in total. The highest BCUT2D eigenvalue weighted by Crippen LogP contribution is 2.41. The first kappa shape index (κ1) is 19.5. The van der Waals surface area contributed by atoms with Gasteiger partial charge in [-0.3, -0.25) is 9.69 Å². The second kappa shape index (κ2) is 8.59. The van der Waals surface area contributed by atoms with Gasteiger partial charge in [0.15, 0.2) is 0 Å². The summed E-state index contributed by atoms with van der Waals surface area (Å²) in [5, 5.41) is 6.74. The zero-order chi connectivity index (χ0) is 17.2. The maximum atomic E-state index is 12.8. The Morgan fingerprint density at radius 2 is 1.96 bits per heavy atom. The van der Waals surface area contributed by atoms with Crippen molar-refractivity contribution in [2.45, 2.75) is 50.2 Å². The third-order valence-corrected chi connectivity index (χ3v) is 5.93. The molecule has 1 aromatic rings. The Bertz CT molecular complexity index is 617. The Morgan fingerprint density at radius 1 is 1.19 bits per heavy atom. The van der Waals surface area contributed by atoms with Gasteiger partial charge in [0.2, 0.25) is 5.91 Å². The topological polar surface area (TPSA) is 53.6 Å². The number of piperidine rings is 1. The summed E-state index contributed by atoms with van der Waals surface area (Å²) in [4.78, 5) is 15.4. The lowest BCUT2D eigenvalue weighted by atomic mass is 9.95. The van der Waals surface area contributed by atoms with E-state index in [2.05, 4.69) is 33.7 Å². The van der Waals surface area contributed by atoms with Crippen molar-refractivity contribution in [2.24, 2.45) is 5.92 Å². The van der Waals surface area contributed by atoms with Gasteiger partial charge < -0.3 is 15.4 Å². The van der Waals surface area contributed by atoms with Crippen LogP contribution in [0.15, 0.2) is 24.3 Å². The number of nitrogens with zero attached hydrogens (tertiary/aromatic N) is 1. The first-order valence-corrected chi connectivity index (χ1v) is 9.67. The van der Waals surface area contributed by atoms with Gasteiger partial charge in [0.1, 0.15) is 5.75 Å². The predicted octanol–water partition coefficient (Wildman–Crippen LogP) is 2.51. The number of carbonyl (C=O) groups excluding carboxylic acids is 1. The summed E-state index contributed by atoms with van der Waals surface area (Å²) in [6.45, 7) is 2.98. The smallest absolute Gasteiger partial charge is 0.223 e. The molecule has 2 aliphatic heterocycles. The lowest BCUT2D eigenvalue weighted by Crippen LogP contribution is -2.45. The Morgan fingerprint density at radius 3 is 2.65 bits per heavy atom. The van der Waals surface area contributed by atoms with Crippen molar-refractivity contribution in [3.05, 3.63) is 29.8 Å². The molecular weight excluding hydrogens is 350 g/mol. The van der Waals surface area contributed by atoms with Gasteiger partial charge in [0.25, 0.3) is 0 Å². The number of nitrogens with one attached hydrogen (secondary N) is 2. The number of likely N-dealkylation sites (tertiary alicyclic amines) is 1. The van der Waals surface area contributed by atoms with E-state index in [9.17, 15) is 4.79 Å². The van der Waals surface area contributed by atoms with Crippen LogP contribution in [0.2, 0.25) is 0 Å². The number of ether oxygens (including phenoxy) is 1. The highest BCUT2D eigenvalue weighted by atomic mass is 35.5. The van der Waals surface area contributed by atoms with Crippen molar-refractivity contribution >= 4 is 18.3 Å². The predicted molar refractivity (Wildman–Crippen MR) is 105 cm³/mol. The fourth-order valence-corrected chi connectivity index (χ4v) is 4.42. The maximum Gasteiger partial charge on any atom is 0.223 e. The minimum Gasteiger partial charge on any atom is -0.497 e. The summed E-state index contributed by atoms with van der Waals surface area (Å²) >= 11 is 0. The van der Waals surface area contributed by atoms with E-state index < -0.39 is 0 Å². The average Bonchev–Trinajstić information content (AvgIpc) is 3.43. The van der Waals surface area contributed by atoms with Crippen LogP contribution in [0.5, 0.6) is 5.75 Å². The molecule has 4 rings (SSSR count). The molecule has 0 radical (unpaired) electrons. The van der Waals surface area contributed by atoms with Gasteiger partial charge in [0.05, 0.1) is 13.2 Å². The SMILES string of the molecule is COc1cccc(C2C(NC(=O)C3CCNCC3)CCN2C2CC2)c1.Cl. The quantitative estimate of drug-likeness (QED) is 0.825. The molecule has 1 aliphatic carbocycles. The minimum absolute atomic E-state index is 0. The monoisotopic (exact) mass is 379 g/mol. The number of benzene rings is 1. The van der Waals surface area contributed by atoms with Gasteiger partial charge in [-0.15, -0.1) is 12.4 Å². The third kappa shape index (κ3) is 4.16. The molecule has 2 unspecified atom stereocenters. The molecule has 0 bridgehead atoms. The summed E-state index contributed by atoms with van der Waals surface area (Å²) in [6, 6.07) is 9.53. The lowest BCUT2D eigenvalue weighted by Gasteiger charge is -2.31. The average molecular weight is 380 g/mol. The van der Waals surface area contributed by atoms with E-state index in [0.717, 1.165) is 44.6 Å². The number of hydrogen-bond acceptors (Lipinski definition) is 4. The molecule has 1 amide bonds. The van der Waals surface area contributed by atoms with Crippen LogP contribution in [-0.2, 0) is 4.79 Å². The Labute approximate surface area is 162 Å². The molecule has 3 fully saturated rings. The van der Waals surface area contributed by atoms with Crippen LogP contribution in [0.3, 0.4) is 0 Å². The number of amides is 1. The summed E-state index contributed by atoms with van der Waals surface area (Å²) in [6.07, 6.45) is 5.52. The van der Waals surface area contributed by atoms with E-state index >= 15 is 0 Å². The lowest BCUT2D eigenvalue weighted by molar-refractivity contribution is -0.126. The van der Waals surface area contributed by atoms with Crippen molar-refractivity contribution in [3.8, 4) is 5.75 Å². The summed E-state index contributed by atoms with van der Waals surface area (Å²) in [5.74, 6) is 1.31. The van der Waals surface area contributed by atoms with Gasteiger partial charge in [-0.25, -0.2) is 0 Å². The molecule has 26 heavy (non-hydrogen) atoms. The molecule has 144 valence electrons. The van der Waals surface area contributed by atoms with Crippen molar-refractivity contribution < 1.29 is 9.53 Å². The van der Waals surface area contributed by atoms with E-state index in [-0.39, 0.29) is 36.3 Å². The minimum atomic E-state index is 0. The Balaban J connectivity index is 0.00000196. The Hall–Kier alpha value is -1.30. The first-order valence-electron chi connectivity index (χ1n) is 9.67. The number of hydrogen-bond donors (Lipinski definition) is 2. The molecular formula is C20H30ClN3O2. The van der Waals surface area contributed by atoms with Crippen molar-refractivity contribution in [1.29, 1.82) is 0 Å². The number of methoxy groups -OCH3 is 1. The van der Waals surface area contributed by atoms with Gasteiger partial charge in [-0.2, -0.15) is 0 Å². The summed E-state index contributed by atoms with van der Waals surface area (Å²) in [7, 11) is 1.71. The number of halogens is 1. The standard InChI is InChI=1S/C20H29N3O2.ClH/c1-25-17-4-2-3-15(13-17)19-18(9-12-23(19)16-5-6-16)22-20(24)14-7-10-21-11-8-14;/h2-4,13-14,16,18-19,21H,5-12H2,1H3,(H,22,24);1H. The van der Waals surface area contributed by atoms with E-state index in [4.69, 9.17) is 4.74 Å². The van der Waals surface area contributed by atoms with E-state index in [0.29, 0.717) is 6.04 Å². The third-order valence-electron chi connectivity index (χ3n) is 5.93. The van der Waals surface area contributed by atoms with Crippen LogP contribution < -0.4 is 15.4 Å². The zero-order valence-corrected chi connectivity index (χ0v) is 16.3. The normalized spacial score (nSPS) is 27.0. The largest absolute Gasteiger partial charge is 0.497 e. The number of rotatable bonds is 5. The molecule has 0 spiro atoms. The molecule has 3 aliphatic rings. The highest BCUT2D eigenvalue weighted by Gasteiger charge is 2.43. The Kier molecular flexibility index (Phi) is 6.43. The van der Waals surface area contributed by atoms with E-state index in [1.165, 1.54) is 18.4 Å². The van der Waals surface area contributed by atoms with Crippen molar-refractivity contribution in [2.75, 3.05) is 26.7 Å². The van der Waals surface area contributed by atoms with Crippen molar-refractivity contribution in [3.63, 3.8) is 0 Å². The first-order chi connectivity index (χ1) is 12.3. The maximum absolute atomic E-state index is 12.8. The zero-order valence-electron chi connectivity index (χ0n) is 15.4. The molecule has 2 heterocycles. The van der Waals surface area contributed by atoms with Gasteiger partial charge in [-0.05, 0) is 62.9 Å². The summed E-state index contributed by atoms with van der Waals surface area (Å²) in [5.41, 5.74) is 1.26. The second-order valence-corrected chi connectivity index (χ2v) is 7.62. The molecule has 2 saturated heterocycles. The molecule has 5 nitrogen and oxygen atoms in total. The highest BCUT2D eigenvalue weighted by molar-refractivity contribution is 5.85. The van der Waals surface area contributed by atoms with Gasteiger partial charge in [0, 0.05) is 24.5 Å². The molecule has 2 atom stereocenters. The van der Waals surface area contributed by atoms with Crippen LogP contribution in [0.4, 0.5) is 0 Å². The van der Waals surface area contributed by atoms with Crippen molar-refractivity contribution in [1.82, 2.24) is 15.5 Å². The molecule has 0 aromatic heterocycles. The second-order valence-electron chi connectivity index (χ2n) is 7.62. The van der Waals surface area contributed by atoms with Crippen LogP contribution in [0.25, 0.3) is 0 Å². The fourth-order valence-electron chi connectivity index (χ4n) is 4.42. The van der Waals surface area contributed by atoms with Crippen LogP contribution in [0.1, 0.15) is 43.7 Å². The fraction of sp³-hybridized carbons (Fsp3) is 0.650. The molecule has 1 aromatic carbocycles. The molecule has 1 saturated carbocycles. The van der Waals surface area contributed by atoms with E-state index in [1.807, 2.05) is 6.07 Å². The number of carbonyl (C=O) groups is 1. The van der Waals surface area contributed by atoms with Crippen LogP contribution >= 0.6 is 12.4 Å². The van der Waals surface area contributed by atoms with Crippen LogP contribution in [0, 0.1) is 5.92 Å². The molecule has 6 heteroatoms. The van der Waals surface area contributed by atoms with Crippen LogP contribution in [-0.4, -0.2) is 49.6 Å².